The fourth-order valence-corrected chi connectivity index (χ4v) is 2.26. The summed E-state index contributed by atoms with van der Waals surface area (Å²) in [7, 11) is 0. The van der Waals surface area contributed by atoms with Gasteiger partial charge in [-0.3, -0.25) is 0 Å². The largest absolute Gasteiger partial charge is 0.477 e. The van der Waals surface area contributed by atoms with Crippen LogP contribution in [0.2, 0.25) is 0 Å². The van der Waals surface area contributed by atoms with Gasteiger partial charge in [0.05, 0.1) is 0 Å². The molecule has 1 unspecified atom stereocenters. The molecule has 0 saturated heterocycles. The minimum Gasteiger partial charge on any atom is -0.477 e. The van der Waals surface area contributed by atoms with Crippen LogP contribution in [0.3, 0.4) is 0 Å². The molecule has 0 aromatic carbocycles. The first kappa shape index (κ1) is 14.2. The van der Waals surface area contributed by atoms with Crippen molar-refractivity contribution in [3.63, 3.8) is 0 Å². The van der Waals surface area contributed by atoms with Crippen molar-refractivity contribution in [3.05, 3.63) is 36.0 Å². The molecule has 1 aliphatic rings. The van der Waals surface area contributed by atoms with Crippen molar-refractivity contribution >= 4 is 11.9 Å². The van der Waals surface area contributed by atoms with Crippen LogP contribution in [0.1, 0.15) is 26.7 Å². The van der Waals surface area contributed by atoms with E-state index in [4.69, 9.17) is 10.2 Å². The maximum atomic E-state index is 11.0. The summed E-state index contributed by atoms with van der Waals surface area (Å²) < 4.78 is 0. The smallest absolute Gasteiger partial charge is 0.342 e. The third-order valence-electron chi connectivity index (χ3n) is 2.85. The molecule has 0 amide bonds. The van der Waals surface area contributed by atoms with E-state index >= 15 is 0 Å². The van der Waals surface area contributed by atoms with E-state index in [0.717, 1.165) is 6.42 Å². The van der Waals surface area contributed by atoms with Crippen LogP contribution in [0.5, 0.6) is 0 Å². The first-order valence-corrected chi connectivity index (χ1v) is 5.90. The summed E-state index contributed by atoms with van der Waals surface area (Å²) in [6.07, 6.45) is 10.3. The van der Waals surface area contributed by atoms with Gasteiger partial charge in [0, 0.05) is 5.41 Å². The lowest BCUT2D eigenvalue weighted by Gasteiger charge is -2.30. The van der Waals surface area contributed by atoms with E-state index in [1.807, 2.05) is 38.2 Å². The van der Waals surface area contributed by atoms with Gasteiger partial charge in [-0.2, -0.15) is 0 Å². The summed E-state index contributed by atoms with van der Waals surface area (Å²) in [6, 6.07) is 0. The summed E-state index contributed by atoms with van der Waals surface area (Å²) in [5.74, 6) is -2.44. The predicted octanol–water partition coefficient (Wildman–Crippen LogP) is 2.63. The monoisotopic (exact) mass is 250 g/mol. The molecule has 1 aliphatic carbocycles. The number of hydrogen-bond acceptors (Lipinski definition) is 2. The molecule has 1 rings (SSSR count). The lowest BCUT2D eigenvalue weighted by molar-refractivity contribution is -0.140. The van der Waals surface area contributed by atoms with Gasteiger partial charge in [0.2, 0.25) is 0 Å². The molecule has 0 bridgehead atoms. The molecule has 0 aromatic heterocycles. The molecule has 4 heteroatoms. The number of carbonyl (C=O) groups is 2. The highest BCUT2D eigenvalue weighted by Gasteiger charge is 2.30. The number of hydrogen-bond donors (Lipinski definition) is 2. The Balaban J connectivity index is 3.15. The van der Waals surface area contributed by atoms with E-state index < -0.39 is 22.9 Å². The Hall–Kier alpha value is -1.84. The van der Waals surface area contributed by atoms with Crippen molar-refractivity contribution in [2.45, 2.75) is 26.7 Å². The zero-order valence-electron chi connectivity index (χ0n) is 10.6. The standard InChI is InChI=1S/C14H18O4/c1-10(2)8-14(6-4-3-5-7-14)9-11(12(15)16)13(17)18/h3-6,9-10H,7-8H2,1-2H3,(H,15,16)(H,17,18). The molecule has 2 N–H and O–H groups in total. The van der Waals surface area contributed by atoms with Crippen LogP contribution in [0.25, 0.3) is 0 Å². The van der Waals surface area contributed by atoms with Crippen molar-refractivity contribution in [2.75, 3.05) is 0 Å². The highest BCUT2D eigenvalue weighted by Crippen LogP contribution is 2.37. The Kier molecular flexibility index (Phi) is 4.48. The highest BCUT2D eigenvalue weighted by atomic mass is 16.4. The Labute approximate surface area is 106 Å². The molecule has 0 spiro atoms. The lowest BCUT2D eigenvalue weighted by Crippen LogP contribution is -2.23. The fourth-order valence-electron chi connectivity index (χ4n) is 2.26. The number of allylic oxidation sites excluding steroid dienone is 5. The number of carboxylic acid groups (broad SMARTS) is 2. The zero-order chi connectivity index (χ0) is 13.8. The van der Waals surface area contributed by atoms with Crippen molar-refractivity contribution in [1.29, 1.82) is 0 Å². The third-order valence-corrected chi connectivity index (χ3v) is 2.85. The number of carboxylic acids is 2. The summed E-state index contributed by atoms with van der Waals surface area (Å²) in [5.41, 5.74) is -1.06. The summed E-state index contributed by atoms with van der Waals surface area (Å²) in [6.45, 7) is 4.06. The molecular weight excluding hydrogens is 232 g/mol. The quantitative estimate of drug-likeness (QED) is 0.447. The summed E-state index contributed by atoms with van der Waals surface area (Å²) in [5, 5.41) is 17.9. The first-order valence-electron chi connectivity index (χ1n) is 5.90. The van der Waals surface area contributed by atoms with E-state index in [2.05, 4.69) is 0 Å². The Bertz CT molecular complexity index is 413. The Morgan fingerprint density at radius 2 is 1.89 bits per heavy atom. The maximum Gasteiger partial charge on any atom is 0.342 e. The van der Waals surface area contributed by atoms with Crippen LogP contribution in [-0.4, -0.2) is 22.2 Å². The lowest BCUT2D eigenvalue weighted by atomic mass is 9.74. The average Bonchev–Trinajstić information content (AvgIpc) is 2.25. The molecule has 18 heavy (non-hydrogen) atoms. The molecule has 4 nitrogen and oxygen atoms in total. The predicted molar refractivity (Wildman–Crippen MR) is 68.1 cm³/mol. The van der Waals surface area contributed by atoms with E-state index in [-0.39, 0.29) is 0 Å². The Morgan fingerprint density at radius 3 is 2.28 bits per heavy atom. The number of rotatable bonds is 5. The van der Waals surface area contributed by atoms with Crippen molar-refractivity contribution < 1.29 is 19.8 Å². The van der Waals surface area contributed by atoms with Crippen molar-refractivity contribution in [3.8, 4) is 0 Å². The van der Waals surface area contributed by atoms with E-state index in [1.165, 1.54) is 6.08 Å². The normalized spacial score (nSPS) is 21.9. The second-order valence-electron chi connectivity index (χ2n) is 4.99. The molecule has 98 valence electrons. The Morgan fingerprint density at radius 1 is 1.28 bits per heavy atom. The SMILES string of the molecule is CC(C)CC1(C=C(C(=O)O)C(=O)O)C=CC=CC1. The summed E-state index contributed by atoms with van der Waals surface area (Å²) in [4.78, 5) is 21.9. The summed E-state index contributed by atoms with van der Waals surface area (Å²) >= 11 is 0. The third kappa shape index (κ3) is 3.58. The molecular formula is C14H18O4. The van der Waals surface area contributed by atoms with Crippen LogP contribution in [0, 0.1) is 11.3 Å². The van der Waals surface area contributed by atoms with Gasteiger partial charge in [0.1, 0.15) is 5.57 Å². The van der Waals surface area contributed by atoms with Crippen LogP contribution < -0.4 is 0 Å². The second-order valence-corrected chi connectivity index (χ2v) is 4.99. The molecule has 1 atom stereocenters. The van der Waals surface area contributed by atoms with Crippen molar-refractivity contribution in [2.24, 2.45) is 11.3 Å². The van der Waals surface area contributed by atoms with E-state index in [0.29, 0.717) is 12.3 Å². The van der Waals surface area contributed by atoms with Gasteiger partial charge in [-0.1, -0.05) is 44.2 Å². The van der Waals surface area contributed by atoms with Gasteiger partial charge in [0.25, 0.3) is 0 Å². The molecule has 0 saturated carbocycles. The molecule has 0 aromatic rings. The van der Waals surface area contributed by atoms with Gasteiger partial charge in [-0.05, 0) is 18.8 Å². The first-order chi connectivity index (χ1) is 8.36. The molecule has 0 fully saturated rings. The van der Waals surface area contributed by atoms with E-state index in [9.17, 15) is 9.59 Å². The van der Waals surface area contributed by atoms with Crippen molar-refractivity contribution in [1.82, 2.24) is 0 Å². The fraction of sp³-hybridized carbons (Fsp3) is 0.429. The average molecular weight is 250 g/mol. The topological polar surface area (TPSA) is 74.6 Å². The van der Waals surface area contributed by atoms with Crippen LogP contribution in [-0.2, 0) is 9.59 Å². The van der Waals surface area contributed by atoms with E-state index in [1.54, 1.807) is 0 Å². The molecule has 0 aliphatic heterocycles. The molecule has 0 radical (unpaired) electrons. The van der Waals surface area contributed by atoms with Gasteiger partial charge in [-0.25, -0.2) is 9.59 Å². The number of aliphatic carboxylic acids is 2. The van der Waals surface area contributed by atoms with Crippen LogP contribution in [0.4, 0.5) is 0 Å². The zero-order valence-corrected chi connectivity index (χ0v) is 10.6. The van der Waals surface area contributed by atoms with Gasteiger partial charge >= 0.3 is 11.9 Å². The minimum atomic E-state index is -1.39. The van der Waals surface area contributed by atoms with Crippen LogP contribution in [0.15, 0.2) is 36.0 Å². The van der Waals surface area contributed by atoms with Gasteiger partial charge in [0.15, 0.2) is 0 Å². The van der Waals surface area contributed by atoms with Gasteiger partial charge < -0.3 is 10.2 Å². The highest BCUT2D eigenvalue weighted by molar-refractivity contribution is 6.12. The minimum absolute atomic E-state index is 0.348. The maximum absolute atomic E-state index is 11.0. The molecule has 0 heterocycles. The van der Waals surface area contributed by atoms with Crippen LogP contribution >= 0.6 is 0 Å². The van der Waals surface area contributed by atoms with Gasteiger partial charge in [-0.15, -0.1) is 0 Å². The second kappa shape index (κ2) is 5.67.